The number of nitrogens with zero attached hydrogens (tertiary/aromatic N) is 1. The molecule has 0 saturated carbocycles. The van der Waals surface area contributed by atoms with Gasteiger partial charge in [0.05, 0.1) is 11.7 Å². The summed E-state index contributed by atoms with van der Waals surface area (Å²) in [7, 11) is 0. The minimum absolute atomic E-state index is 0.216. The van der Waals surface area contributed by atoms with E-state index in [-0.39, 0.29) is 6.04 Å². The fourth-order valence-electron chi connectivity index (χ4n) is 2.12. The Morgan fingerprint density at radius 2 is 1.84 bits per heavy atom. The Morgan fingerprint density at radius 1 is 1.16 bits per heavy atom. The molecule has 3 heteroatoms. The molecule has 2 rings (SSSR count). The zero-order chi connectivity index (χ0) is 13.8. The number of hydrogen-bond acceptors (Lipinski definition) is 3. The van der Waals surface area contributed by atoms with E-state index in [1.165, 1.54) is 21.0 Å². The number of hydrogen-bond donors (Lipinski definition) is 1. The van der Waals surface area contributed by atoms with E-state index >= 15 is 0 Å². The first-order valence-corrected chi connectivity index (χ1v) is 7.73. The van der Waals surface area contributed by atoms with Crippen LogP contribution in [0.2, 0.25) is 0 Å². The summed E-state index contributed by atoms with van der Waals surface area (Å²) in [5.74, 6) is 0. The zero-order valence-electron chi connectivity index (χ0n) is 12.2. The van der Waals surface area contributed by atoms with Gasteiger partial charge in [0, 0.05) is 4.88 Å². The average Bonchev–Trinajstić information content (AvgIpc) is 2.76. The summed E-state index contributed by atoms with van der Waals surface area (Å²) >= 11 is 1.79. The van der Waals surface area contributed by atoms with Crippen molar-refractivity contribution in [2.45, 2.75) is 40.2 Å². The van der Waals surface area contributed by atoms with Crippen LogP contribution in [0.1, 0.15) is 46.6 Å². The van der Waals surface area contributed by atoms with Crippen molar-refractivity contribution < 1.29 is 0 Å². The van der Waals surface area contributed by atoms with Gasteiger partial charge in [0.1, 0.15) is 5.01 Å². The van der Waals surface area contributed by atoms with Crippen molar-refractivity contribution in [2.75, 3.05) is 6.54 Å². The third kappa shape index (κ3) is 3.23. The lowest BCUT2D eigenvalue weighted by Crippen LogP contribution is -2.21. The van der Waals surface area contributed by atoms with Gasteiger partial charge in [0.2, 0.25) is 0 Å². The van der Waals surface area contributed by atoms with Gasteiger partial charge in [-0.1, -0.05) is 38.1 Å². The first kappa shape index (κ1) is 14.2. The van der Waals surface area contributed by atoms with Gasteiger partial charge in [0.25, 0.3) is 0 Å². The Kier molecular flexibility index (Phi) is 4.72. The number of thiazole rings is 1. The van der Waals surface area contributed by atoms with Crippen LogP contribution in [0.25, 0.3) is 0 Å². The van der Waals surface area contributed by atoms with E-state index in [1.807, 2.05) is 0 Å². The van der Waals surface area contributed by atoms with Crippen molar-refractivity contribution >= 4 is 11.3 Å². The molecule has 0 saturated heterocycles. The number of aromatic nitrogens is 1. The molecule has 2 nitrogen and oxygen atoms in total. The molecule has 1 atom stereocenters. The van der Waals surface area contributed by atoms with E-state index in [2.05, 4.69) is 57.3 Å². The van der Waals surface area contributed by atoms with Crippen LogP contribution >= 0.6 is 11.3 Å². The van der Waals surface area contributed by atoms with Crippen molar-refractivity contribution in [1.82, 2.24) is 10.3 Å². The lowest BCUT2D eigenvalue weighted by Gasteiger charge is -2.16. The van der Waals surface area contributed by atoms with Gasteiger partial charge in [0.15, 0.2) is 0 Å². The molecule has 0 aliphatic heterocycles. The van der Waals surface area contributed by atoms with Gasteiger partial charge in [-0.15, -0.1) is 11.3 Å². The average molecular weight is 274 g/mol. The highest BCUT2D eigenvalue weighted by Gasteiger charge is 2.17. The Labute approximate surface area is 119 Å². The number of nitrogens with one attached hydrogen (secondary N) is 1. The van der Waals surface area contributed by atoms with Crippen LogP contribution in [-0.4, -0.2) is 11.5 Å². The molecule has 1 unspecified atom stereocenters. The highest BCUT2D eigenvalue weighted by molar-refractivity contribution is 7.11. The van der Waals surface area contributed by atoms with Crippen LogP contribution in [0.5, 0.6) is 0 Å². The summed E-state index contributed by atoms with van der Waals surface area (Å²) in [4.78, 5) is 6.01. The predicted molar refractivity (Wildman–Crippen MR) is 82.9 cm³/mol. The summed E-state index contributed by atoms with van der Waals surface area (Å²) in [5, 5.41) is 4.71. The smallest absolute Gasteiger partial charge is 0.115 e. The van der Waals surface area contributed by atoms with Crippen molar-refractivity contribution in [3.63, 3.8) is 0 Å². The van der Waals surface area contributed by atoms with Crippen molar-refractivity contribution in [3.05, 3.63) is 51.0 Å². The third-order valence-corrected chi connectivity index (χ3v) is 4.56. The maximum Gasteiger partial charge on any atom is 0.115 e. The molecule has 1 N–H and O–H groups in total. The maximum atomic E-state index is 4.70. The Morgan fingerprint density at radius 3 is 2.32 bits per heavy atom. The quantitative estimate of drug-likeness (QED) is 0.890. The maximum absolute atomic E-state index is 4.70. The van der Waals surface area contributed by atoms with Crippen LogP contribution in [0, 0.1) is 13.8 Å². The number of rotatable bonds is 5. The monoisotopic (exact) mass is 274 g/mol. The first-order valence-electron chi connectivity index (χ1n) is 6.91. The van der Waals surface area contributed by atoms with Gasteiger partial charge in [-0.25, -0.2) is 4.98 Å². The van der Waals surface area contributed by atoms with Gasteiger partial charge >= 0.3 is 0 Å². The topological polar surface area (TPSA) is 24.9 Å². The SMILES string of the molecule is CCNC(c1ccc(CC)cc1)c1nc(C)c(C)s1. The Balaban J connectivity index is 2.33. The highest BCUT2D eigenvalue weighted by atomic mass is 32.1. The summed E-state index contributed by atoms with van der Waals surface area (Å²) in [6, 6.07) is 9.09. The lowest BCUT2D eigenvalue weighted by molar-refractivity contribution is 0.626. The molecule has 0 radical (unpaired) electrons. The van der Waals surface area contributed by atoms with E-state index in [9.17, 15) is 0 Å². The highest BCUT2D eigenvalue weighted by Crippen LogP contribution is 2.28. The standard InChI is InChI=1S/C16H22N2S/c1-5-13-7-9-14(10-8-13)15(17-6-2)16-18-11(3)12(4)19-16/h7-10,15,17H,5-6H2,1-4H3. The molecule has 0 aliphatic rings. The Bertz CT molecular complexity index is 509. The minimum atomic E-state index is 0.216. The Hall–Kier alpha value is -1.19. The fraction of sp³-hybridized carbons (Fsp3) is 0.438. The fourth-order valence-corrected chi connectivity index (χ4v) is 3.15. The van der Waals surface area contributed by atoms with Gasteiger partial charge in [-0.2, -0.15) is 0 Å². The number of aryl methyl sites for hydroxylation is 3. The summed E-state index contributed by atoms with van der Waals surface area (Å²) in [5.41, 5.74) is 3.83. The normalized spacial score (nSPS) is 12.6. The summed E-state index contributed by atoms with van der Waals surface area (Å²) in [6.07, 6.45) is 1.08. The third-order valence-electron chi connectivity index (χ3n) is 3.42. The zero-order valence-corrected chi connectivity index (χ0v) is 13.0. The molecule has 0 fully saturated rings. The van der Waals surface area contributed by atoms with Crippen LogP contribution in [0.4, 0.5) is 0 Å². The second-order valence-electron chi connectivity index (χ2n) is 4.78. The lowest BCUT2D eigenvalue weighted by atomic mass is 10.0. The molecular formula is C16H22N2S. The van der Waals surface area contributed by atoms with E-state index in [0.717, 1.165) is 18.7 Å². The van der Waals surface area contributed by atoms with Crippen LogP contribution in [0.3, 0.4) is 0 Å². The van der Waals surface area contributed by atoms with E-state index in [4.69, 9.17) is 4.98 Å². The molecule has 2 aromatic rings. The molecule has 0 spiro atoms. The second kappa shape index (κ2) is 6.31. The van der Waals surface area contributed by atoms with E-state index < -0.39 is 0 Å². The predicted octanol–water partition coefficient (Wildman–Crippen LogP) is 4.02. The van der Waals surface area contributed by atoms with Crippen LogP contribution in [-0.2, 0) is 6.42 Å². The van der Waals surface area contributed by atoms with Gasteiger partial charge in [-0.05, 0) is 37.9 Å². The van der Waals surface area contributed by atoms with Crippen LogP contribution < -0.4 is 5.32 Å². The van der Waals surface area contributed by atoms with E-state index in [1.54, 1.807) is 11.3 Å². The largest absolute Gasteiger partial charge is 0.305 e. The molecule has 0 aliphatic carbocycles. The molecule has 19 heavy (non-hydrogen) atoms. The van der Waals surface area contributed by atoms with Gasteiger partial charge < -0.3 is 5.32 Å². The first-order chi connectivity index (χ1) is 9.15. The molecule has 0 amide bonds. The molecule has 102 valence electrons. The molecule has 1 aromatic heterocycles. The molecule has 1 heterocycles. The van der Waals surface area contributed by atoms with Crippen LogP contribution in [0.15, 0.2) is 24.3 Å². The van der Waals surface area contributed by atoms with E-state index in [0.29, 0.717) is 0 Å². The van der Waals surface area contributed by atoms with Gasteiger partial charge in [-0.3, -0.25) is 0 Å². The molecule has 1 aromatic carbocycles. The second-order valence-corrected chi connectivity index (χ2v) is 6.01. The van der Waals surface area contributed by atoms with Crippen molar-refractivity contribution in [2.24, 2.45) is 0 Å². The number of benzene rings is 1. The molecule has 0 bridgehead atoms. The molecular weight excluding hydrogens is 252 g/mol. The minimum Gasteiger partial charge on any atom is -0.305 e. The summed E-state index contributed by atoms with van der Waals surface area (Å²) < 4.78 is 0. The van der Waals surface area contributed by atoms with Crippen molar-refractivity contribution in [3.8, 4) is 0 Å². The van der Waals surface area contributed by atoms with Crippen molar-refractivity contribution in [1.29, 1.82) is 0 Å². The summed E-state index contributed by atoms with van der Waals surface area (Å²) in [6.45, 7) is 9.49.